The van der Waals surface area contributed by atoms with Gasteiger partial charge in [-0.2, -0.15) is 0 Å². The van der Waals surface area contributed by atoms with Gasteiger partial charge in [-0.25, -0.2) is 8.42 Å². The topological polar surface area (TPSA) is 34.1 Å². The predicted molar refractivity (Wildman–Crippen MR) is 88.7 cm³/mol. The molecule has 0 bridgehead atoms. The van der Waals surface area contributed by atoms with Crippen molar-refractivity contribution in [2.75, 3.05) is 0 Å². The van der Waals surface area contributed by atoms with Gasteiger partial charge in [0.25, 0.3) is 0 Å². The fourth-order valence-corrected chi connectivity index (χ4v) is 4.09. The highest BCUT2D eigenvalue weighted by molar-refractivity contribution is 7.91. The molecule has 2 aromatic carbocycles. The molecule has 0 saturated heterocycles. The second-order valence-electron chi connectivity index (χ2n) is 4.98. The van der Waals surface area contributed by atoms with Crippen LogP contribution in [-0.2, 0) is 9.84 Å². The molecule has 21 heavy (non-hydrogen) atoms. The minimum absolute atomic E-state index is 0.592. The summed E-state index contributed by atoms with van der Waals surface area (Å²) >= 11 is 11.7. The summed E-state index contributed by atoms with van der Waals surface area (Å²) in [7, 11) is -3.36. The SMILES string of the molecule is CC(c1ccc(Cl)cc1)S(=O)(=O)C(C)c1ccc(Cl)cc1. The van der Waals surface area contributed by atoms with Crippen molar-refractivity contribution < 1.29 is 8.42 Å². The first-order valence-electron chi connectivity index (χ1n) is 6.56. The van der Waals surface area contributed by atoms with Gasteiger partial charge in [0, 0.05) is 10.0 Å². The third kappa shape index (κ3) is 3.60. The normalized spacial score (nSPS) is 14.7. The fourth-order valence-electron chi connectivity index (χ4n) is 2.15. The van der Waals surface area contributed by atoms with Crippen molar-refractivity contribution in [3.8, 4) is 0 Å². The Morgan fingerprint density at radius 2 is 1.00 bits per heavy atom. The maximum absolute atomic E-state index is 12.7. The van der Waals surface area contributed by atoms with Crippen LogP contribution in [0.3, 0.4) is 0 Å². The molecule has 2 rings (SSSR count). The molecule has 2 atom stereocenters. The summed E-state index contributed by atoms with van der Waals surface area (Å²) in [5, 5.41) is -0.0101. The average molecular weight is 343 g/mol. The van der Waals surface area contributed by atoms with E-state index in [4.69, 9.17) is 23.2 Å². The van der Waals surface area contributed by atoms with E-state index in [1.807, 2.05) is 0 Å². The first-order chi connectivity index (χ1) is 9.82. The Kier molecular flexibility index (Phi) is 4.97. The van der Waals surface area contributed by atoms with Gasteiger partial charge in [-0.15, -0.1) is 0 Å². The largest absolute Gasteiger partial charge is 0.228 e. The van der Waals surface area contributed by atoms with Crippen molar-refractivity contribution in [3.05, 3.63) is 69.7 Å². The summed E-state index contributed by atoms with van der Waals surface area (Å²) in [6.45, 7) is 3.40. The third-order valence-electron chi connectivity index (χ3n) is 3.66. The quantitative estimate of drug-likeness (QED) is 0.762. The molecule has 0 aromatic heterocycles. The minimum Gasteiger partial charge on any atom is -0.228 e. The highest BCUT2D eigenvalue weighted by Gasteiger charge is 2.30. The summed E-state index contributed by atoms with van der Waals surface area (Å²) in [4.78, 5) is 0. The molecule has 0 amide bonds. The lowest BCUT2D eigenvalue weighted by Gasteiger charge is -2.19. The molecular formula is C16H16Cl2O2S. The molecule has 0 N–H and O–H groups in total. The van der Waals surface area contributed by atoms with E-state index in [1.54, 1.807) is 62.4 Å². The van der Waals surface area contributed by atoms with Crippen LogP contribution in [0.4, 0.5) is 0 Å². The van der Waals surface area contributed by atoms with Crippen molar-refractivity contribution in [1.29, 1.82) is 0 Å². The summed E-state index contributed by atoms with van der Waals surface area (Å²) in [6, 6.07) is 13.8. The van der Waals surface area contributed by atoms with Gasteiger partial charge in [0.15, 0.2) is 9.84 Å². The molecule has 2 nitrogen and oxygen atoms in total. The van der Waals surface area contributed by atoms with Crippen LogP contribution in [0, 0.1) is 0 Å². The second-order valence-corrected chi connectivity index (χ2v) is 8.44. The lowest BCUT2D eigenvalue weighted by Crippen LogP contribution is -2.17. The van der Waals surface area contributed by atoms with E-state index in [2.05, 4.69) is 0 Å². The van der Waals surface area contributed by atoms with E-state index >= 15 is 0 Å². The van der Waals surface area contributed by atoms with Crippen molar-refractivity contribution in [3.63, 3.8) is 0 Å². The van der Waals surface area contributed by atoms with Gasteiger partial charge in [0.05, 0.1) is 10.5 Å². The second kappa shape index (κ2) is 6.39. The van der Waals surface area contributed by atoms with E-state index in [1.165, 1.54) is 0 Å². The van der Waals surface area contributed by atoms with Crippen molar-refractivity contribution >= 4 is 33.0 Å². The Morgan fingerprint density at radius 1 is 0.714 bits per heavy atom. The third-order valence-corrected chi connectivity index (χ3v) is 6.68. The van der Waals surface area contributed by atoms with E-state index in [9.17, 15) is 8.42 Å². The summed E-state index contributed by atoms with van der Waals surface area (Å²) in [5.41, 5.74) is 1.47. The Balaban J connectivity index is 2.32. The van der Waals surface area contributed by atoms with Crippen LogP contribution >= 0.6 is 23.2 Å². The molecular weight excluding hydrogens is 327 g/mol. The summed E-state index contributed by atoms with van der Waals surface area (Å²) in [5.74, 6) is 0. The maximum atomic E-state index is 12.7. The minimum atomic E-state index is -3.36. The van der Waals surface area contributed by atoms with E-state index in [0.717, 1.165) is 11.1 Å². The Hall–Kier alpha value is -1.03. The monoisotopic (exact) mass is 342 g/mol. The number of benzene rings is 2. The Labute approximate surface area is 135 Å². The van der Waals surface area contributed by atoms with Gasteiger partial charge < -0.3 is 0 Å². The predicted octanol–water partition coefficient (Wildman–Crippen LogP) is 5.23. The van der Waals surface area contributed by atoms with Crippen LogP contribution < -0.4 is 0 Å². The molecule has 0 aliphatic carbocycles. The molecule has 0 aliphatic heterocycles. The molecule has 2 aromatic rings. The van der Waals surface area contributed by atoms with Gasteiger partial charge in [-0.3, -0.25) is 0 Å². The van der Waals surface area contributed by atoms with Crippen LogP contribution in [-0.4, -0.2) is 8.42 Å². The highest BCUT2D eigenvalue weighted by Crippen LogP contribution is 2.34. The highest BCUT2D eigenvalue weighted by atomic mass is 35.5. The number of hydrogen-bond acceptors (Lipinski definition) is 2. The van der Waals surface area contributed by atoms with Crippen molar-refractivity contribution in [1.82, 2.24) is 0 Å². The van der Waals surface area contributed by atoms with Gasteiger partial charge in [0.1, 0.15) is 0 Å². The molecule has 0 spiro atoms. The summed E-state index contributed by atoms with van der Waals surface area (Å²) < 4.78 is 25.5. The summed E-state index contributed by atoms with van der Waals surface area (Å²) in [6.07, 6.45) is 0. The van der Waals surface area contributed by atoms with Crippen LogP contribution in [0.1, 0.15) is 35.5 Å². The standard InChI is InChI=1S/C16H16Cl2O2S/c1-11(13-3-7-15(17)8-4-13)21(19,20)12(2)14-5-9-16(18)10-6-14/h3-12H,1-2H3. The van der Waals surface area contributed by atoms with E-state index in [0.29, 0.717) is 10.0 Å². The average Bonchev–Trinajstić information content (AvgIpc) is 2.47. The van der Waals surface area contributed by atoms with E-state index in [-0.39, 0.29) is 0 Å². The Bertz CT molecular complexity index is 649. The van der Waals surface area contributed by atoms with Crippen LogP contribution in [0.5, 0.6) is 0 Å². The molecule has 0 fully saturated rings. The molecule has 2 unspecified atom stereocenters. The molecule has 0 heterocycles. The van der Waals surface area contributed by atoms with Crippen LogP contribution in [0.25, 0.3) is 0 Å². The maximum Gasteiger partial charge on any atom is 0.163 e. The first kappa shape index (κ1) is 16.3. The zero-order valence-electron chi connectivity index (χ0n) is 11.8. The van der Waals surface area contributed by atoms with Gasteiger partial charge in [-0.1, -0.05) is 47.5 Å². The number of hydrogen-bond donors (Lipinski definition) is 0. The van der Waals surface area contributed by atoms with Gasteiger partial charge in [0.2, 0.25) is 0 Å². The lowest BCUT2D eigenvalue weighted by molar-refractivity contribution is 0.576. The Morgan fingerprint density at radius 3 is 1.29 bits per heavy atom. The first-order valence-corrected chi connectivity index (χ1v) is 8.92. The van der Waals surface area contributed by atoms with Crippen molar-refractivity contribution in [2.24, 2.45) is 0 Å². The molecule has 112 valence electrons. The molecule has 0 aliphatic rings. The number of rotatable bonds is 4. The molecule has 5 heteroatoms. The molecule has 0 saturated carbocycles. The van der Waals surface area contributed by atoms with Gasteiger partial charge >= 0.3 is 0 Å². The van der Waals surface area contributed by atoms with Gasteiger partial charge in [-0.05, 0) is 49.2 Å². The zero-order valence-corrected chi connectivity index (χ0v) is 14.1. The van der Waals surface area contributed by atoms with Crippen LogP contribution in [0.2, 0.25) is 10.0 Å². The number of sulfone groups is 1. The van der Waals surface area contributed by atoms with Crippen molar-refractivity contribution in [2.45, 2.75) is 24.3 Å². The smallest absolute Gasteiger partial charge is 0.163 e. The van der Waals surface area contributed by atoms with Crippen LogP contribution in [0.15, 0.2) is 48.5 Å². The molecule has 0 radical (unpaired) electrons. The zero-order chi connectivity index (χ0) is 15.6. The fraction of sp³-hybridized carbons (Fsp3) is 0.250. The van der Waals surface area contributed by atoms with E-state index < -0.39 is 20.3 Å². The lowest BCUT2D eigenvalue weighted by atomic mass is 10.2. The number of halogens is 2.